The number of ether oxygens (including phenoxy) is 3. The normalized spacial score (nSPS) is 11.7. The first kappa shape index (κ1) is 20.1. The number of carboxylic acids is 1. The van der Waals surface area contributed by atoms with Crippen LogP contribution in [0.1, 0.15) is 17.9 Å². The number of alkyl halides is 2. The van der Waals surface area contributed by atoms with Gasteiger partial charge < -0.3 is 23.7 Å². The highest BCUT2D eigenvalue weighted by molar-refractivity contribution is 5.91. The Labute approximate surface area is 164 Å². The van der Waals surface area contributed by atoms with Crippen LogP contribution in [0.3, 0.4) is 0 Å². The predicted molar refractivity (Wildman–Crippen MR) is 100 cm³/mol. The number of carboxylic acid groups (broad SMARTS) is 1. The zero-order chi connectivity index (χ0) is 21.0. The topological polar surface area (TPSA) is 91.0 Å². The predicted octanol–water partition coefficient (Wildman–Crippen LogP) is 4.46. The van der Waals surface area contributed by atoms with Crippen molar-refractivity contribution in [3.05, 3.63) is 47.9 Å². The number of fused-ring (bicyclic) bond motifs is 1. The van der Waals surface area contributed by atoms with E-state index in [9.17, 15) is 18.7 Å². The molecule has 3 rings (SSSR count). The molecule has 0 saturated heterocycles. The highest BCUT2D eigenvalue weighted by Crippen LogP contribution is 2.40. The van der Waals surface area contributed by atoms with Gasteiger partial charge in [-0.1, -0.05) is 12.1 Å². The number of halogens is 2. The van der Waals surface area contributed by atoms with E-state index in [0.29, 0.717) is 16.7 Å². The Morgan fingerprint density at radius 3 is 2.41 bits per heavy atom. The summed E-state index contributed by atoms with van der Waals surface area (Å²) in [5, 5.41) is 9.28. The maximum absolute atomic E-state index is 12.7. The fraction of sp³-hybridized carbons (Fsp3) is 0.200. The van der Waals surface area contributed by atoms with Gasteiger partial charge in [-0.25, -0.2) is 4.98 Å². The van der Waals surface area contributed by atoms with E-state index < -0.39 is 12.6 Å². The minimum atomic E-state index is -3.07. The van der Waals surface area contributed by atoms with E-state index in [1.54, 1.807) is 24.3 Å². The number of rotatable bonds is 8. The third-order valence-electron chi connectivity index (χ3n) is 3.94. The fourth-order valence-electron chi connectivity index (χ4n) is 2.75. The number of aromatic nitrogens is 1. The second-order valence-corrected chi connectivity index (χ2v) is 5.86. The average molecular weight is 405 g/mol. The molecule has 0 unspecified atom stereocenters. The van der Waals surface area contributed by atoms with Crippen LogP contribution in [-0.2, 0) is 4.79 Å². The van der Waals surface area contributed by atoms with E-state index in [4.69, 9.17) is 13.9 Å². The summed E-state index contributed by atoms with van der Waals surface area (Å²) in [6, 6.07) is 9.85. The van der Waals surface area contributed by atoms with Crippen LogP contribution in [0.5, 0.6) is 17.2 Å². The highest BCUT2D eigenvalue weighted by Gasteiger charge is 2.19. The summed E-state index contributed by atoms with van der Waals surface area (Å²) < 4.78 is 45.8. The summed E-state index contributed by atoms with van der Waals surface area (Å²) in [5.41, 5.74) is 1.79. The lowest BCUT2D eigenvalue weighted by Crippen LogP contribution is -2.05. The van der Waals surface area contributed by atoms with Gasteiger partial charge in [0, 0.05) is 5.57 Å². The van der Waals surface area contributed by atoms with Crippen LogP contribution in [0.2, 0.25) is 0 Å². The van der Waals surface area contributed by atoms with Crippen LogP contribution >= 0.6 is 0 Å². The van der Waals surface area contributed by atoms with E-state index in [0.717, 1.165) is 0 Å². The molecule has 0 fully saturated rings. The minimum absolute atomic E-state index is 0.00291. The maximum atomic E-state index is 12.7. The van der Waals surface area contributed by atoms with Crippen molar-refractivity contribution in [1.82, 2.24) is 4.98 Å². The molecule has 1 N–H and O–H groups in total. The van der Waals surface area contributed by atoms with Crippen LogP contribution in [0, 0.1) is 0 Å². The first-order chi connectivity index (χ1) is 13.9. The van der Waals surface area contributed by atoms with Crippen LogP contribution < -0.4 is 14.2 Å². The zero-order valence-electron chi connectivity index (χ0n) is 15.5. The van der Waals surface area contributed by atoms with Crippen molar-refractivity contribution >= 4 is 28.7 Å². The smallest absolute Gasteiger partial charge is 0.387 e. The average Bonchev–Trinajstić information content (AvgIpc) is 3.11. The molecular formula is C20H17F2NO6. The van der Waals surface area contributed by atoms with E-state index in [1.165, 1.54) is 32.4 Å². The fourth-order valence-corrected chi connectivity index (χ4v) is 2.75. The Kier molecular flexibility index (Phi) is 5.96. The first-order valence-electron chi connectivity index (χ1n) is 8.40. The van der Waals surface area contributed by atoms with Crippen LogP contribution in [-0.4, -0.2) is 36.9 Å². The number of methoxy groups -OCH3 is 2. The molecule has 0 spiro atoms. The number of hydrogen-bond donors (Lipinski definition) is 1. The molecule has 29 heavy (non-hydrogen) atoms. The first-order valence-corrected chi connectivity index (χ1v) is 8.40. The zero-order valence-corrected chi connectivity index (χ0v) is 15.5. The molecule has 9 heteroatoms. The van der Waals surface area contributed by atoms with Crippen LogP contribution in [0.15, 0.2) is 40.8 Å². The molecule has 2 aromatic carbocycles. The molecule has 152 valence electrons. The molecule has 0 aliphatic heterocycles. The second-order valence-electron chi connectivity index (χ2n) is 5.86. The van der Waals surface area contributed by atoms with E-state index in [1.807, 2.05) is 0 Å². The molecule has 3 aromatic rings. The molecule has 7 nitrogen and oxygen atoms in total. The molecule has 0 atom stereocenters. The third-order valence-corrected chi connectivity index (χ3v) is 3.94. The summed E-state index contributed by atoms with van der Waals surface area (Å²) in [4.78, 5) is 15.7. The lowest BCUT2D eigenvalue weighted by atomic mass is 10.1. The molecule has 1 heterocycles. The van der Waals surface area contributed by atoms with Gasteiger partial charge in [0.25, 0.3) is 0 Å². The number of hydrogen-bond acceptors (Lipinski definition) is 6. The largest absolute Gasteiger partial charge is 0.493 e. The van der Waals surface area contributed by atoms with E-state index in [2.05, 4.69) is 9.72 Å². The van der Waals surface area contributed by atoms with Crippen LogP contribution in [0.4, 0.5) is 8.78 Å². The van der Waals surface area contributed by atoms with Crippen molar-refractivity contribution in [1.29, 1.82) is 0 Å². The molecule has 0 aliphatic carbocycles. The Hall–Kier alpha value is -3.62. The molecule has 0 saturated carbocycles. The number of aliphatic carboxylic acids is 1. The molecule has 0 aliphatic rings. The number of oxazole rings is 1. The van der Waals surface area contributed by atoms with E-state index in [-0.39, 0.29) is 35.1 Å². The molecule has 0 bridgehead atoms. The summed E-state index contributed by atoms with van der Waals surface area (Å²) in [7, 11) is 2.58. The summed E-state index contributed by atoms with van der Waals surface area (Å²) in [5.74, 6) is -1.20. The van der Waals surface area contributed by atoms with Crippen molar-refractivity contribution in [2.45, 2.75) is 13.0 Å². The van der Waals surface area contributed by atoms with Crippen molar-refractivity contribution < 1.29 is 37.3 Å². The highest BCUT2D eigenvalue weighted by atomic mass is 19.3. The number of benzene rings is 2. The van der Waals surface area contributed by atoms with Crippen molar-refractivity contribution in [3.8, 4) is 17.2 Å². The van der Waals surface area contributed by atoms with Gasteiger partial charge in [0.05, 0.1) is 20.6 Å². The number of nitrogens with zero attached hydrogens (tertiary/aromatic N) is 1. The summed E-state index contributed by atoms with van der Waals surface area (Å²) in [6.07, 6.45) is 1.14. The number of para-hydroxylation sites is 2. The Morgan fingerprint density at radius 2 is 1.86 bits per heavy atom. The maximum Gasteiger partial charge on any atom is 0.387 e. The Balaban J connectivity index is 2.10. The van der Waals surface area contributed by atoms with Gasteiger partial charge in [0.1, 0.15) is 5.52 Å². The van der Waals surface area contributed by atoms with Gasteiger partial charge >= 0.3 is 12.6 Å². The van der Waals surface area contributed by atoms with Gasteiger partial charge in [-0.15, -0.1) is 0 Å². The van der Waals surface area contributed by atoms with Gasteiger partial charge in [0.15, 0.2) is 17.1 Å². The van der Waals surface area contributed by atoms with E-state index >= 15 is 0 Å². The standard InChI is InChI=1S/C20H17F2NO6/c1-26-15-8-11(9-16(27-2)18(15)29-20(21)22)7-12(10-17(24)25)19-23-13-5-3-4-6-14(13)28-19/h3-9,20H,10H2,1-2H3,(H,24,25)/b12-7+. The lowest BCUT2D eigenvalue weighted by molar-refractivity contribution is -0.135. The number of carbonyl (C=O) groups is 1. The monoisotopic (exact) mass is 405 g/mol. The van der Waals surface area contributed by atoms with Crippen LogP contribution in [0.25, 0.3) is 22.7 Å². The molecule has 0 radical (unpaired) electrons. The van der Waals surface area contributed by atoms with Gasteiger partial charge in [0.2, 0.25) is 11.6 Å². The van der Waals surface area contributed by atoms with Crippen molar-refractivity contribution in [3.63, 3.8) is 0 Å². The Bertz CT molecular complexity index is 1000. The van der Waals surface area contributed by atoms with Gasteiger partial charge in [-0.05, 0) is 35.9 Å². The lowest BCUT2D eigenvalue weighted by Gasteiger charge is -2.15. The van der Waals surface area contributed by atoms with Crippen molar-refractivity contribution in [2.24, 2.45) is 0 Å². The van der Waals surface area contributed by atoms with Gasteiger partial charge in [-0.2, -0.15) is 8.78 Å². The van der Waals surface area contributed by atoms with Crippen molar-refractivity contribution in [2.75, 3.05) is 14.2 Å². The Morgan fingerprint density at radius 1 is 1.21 bits per heavy atom. The minimum Gasteiger partial charge on any atom is -0.493 e. The van der Waals surface area contributed by atoms with Gasteiger partial charge in [-0.3, -0.25) is 4.79 Å². The molecule has 0 amide bonds. The quantitative estimate of drug-likeness (QED) is 0.592. The molecule has 1 aromatic heterocycles. The SMILES string of the molecule is COc1cc(/C=C(\CC(=O)O)c2nc3ccccc3o2)cc(OC)c1OC(F)F. The third kappa shape index (κ3) is 4.63. The second kappa shape index (κ2) is 8.59. The summed E-state index contributed by atoms with van der Waals surface area (Å²) >= 11 is 0. The summed E-state index contributed by atoms with van der Waals surface area (Å²) in [6.45, 7) is -3.07. The molecular weight excluding hydrogens is 388 g/mol.